The number of pyridine rings is 1. The maximum absolute atomic E-state index is 13.2. The van der Waals surface area contributed by atoms with E-state index >= 15 is 0 Å². The Morgan fingerprint density at radius 2 is 1.94 bits per heavy atom. The van der Waals surface area contributed by atoms with Crippen molar-refractivity contribution in [2.24, 2.45) is 0 Å². The predicted octanol–water partition coefficient (Wildman–Crippen LogP) is 3.57. The molecular formula is C20H13F3N4O4S. The van der Waals surface area contributed by atoms with Crippen LogP contribution in [-0.2, 0) is 11.0 Å². The monoisotopic (exact) mass is 462 g/mol. The molecule has 3 N–H and O–H groups in total. The number of nitrogens with zero attached hydrogens (tertiary/aromatic N) is 3. The highest BCUT2D eigenvalue weighted by Crippen LogP contribution is 2.39. The molecule has 0 fully saturated rings. The fourth-order valence-electron chi connectivity index (χ4n) is 3.09. The Morgan fingerprint density at radius 3 is 2.66 bits per heavy atom. The summed E-state index contributed by atoms with van der Waals surface area (Å²) in [5, 5.41) is 26.6. The van der Waals surface area contributed by atoms with Crippen LogP contribution in [0.25, 0.3) is 16.4 Å². The van der Waals surface area contributed by atoms with E-state index in [4.69, 9.17) is 5.11 Å². The molecule has 2 aromatic carbocycles. The highest BCUT2D eigenvalue weighted by atomic mass is 32.2. The quantitative estimate of drug-likeness (QED) is 0.415. The van der Waals surface area contributed by atoms with E-state index in [1.807, 2.05) is 0 Å². The minimum Gasteiger partial charge on any atom is -0.507 e. The number of aromatic hydroxyl groups is 1. The standard InChI is InChI=1S/C20H13F3N4O4S/c21-20(22,23)11-5-4-10-2-1-3-14(12(10)6-11)32-15-7-13(28)17(18-25-9-26-27(15)18)19(31)24-8-16(29)30/h1-7,9,28H,8H2,(H,24,31)(H,29,30). The van der Waals surface area contributed by atoms with Crippen molar-refractivity contribution in [3.63, 3.8) is 0 Å². The molecule has 0 bridgehead atoms. The van der Waals surface area contributed by atoms with Crippen molar-refractivity contribution in [1.29, 1.82) is 0 Å². The zero-order chi connectivity index (χ0) is 23.0. The molecule has 4 aromatic rings. The van der Waals surface area contributed by atoms with Gasteiger partial charge in [0.25, 0.3) is 5.91 Å². The molecule has 0 radical (unpaired) electrons. The van der Waals surface area contributed by atoms with Crippen molar-refractivity contribution in [3.8, 4) is 5.75 Å². The zero-order valence-electron chi connectivity index (χ0n) is 15.9. The van der Waals surface area contributed by atoms with Gasteiger partial charge in [0.2, 0.25) is 0 Å². The predicted molar refractivity (Wildman–Crippen MR) is 108 cm³/mol. The number of nitrogens with one attached hydrogen (secondary N) is 1. The number of halogens is 3. The summed E-state index contributed by atoms with van der Waals surface area (Å²) in [6, 6.07) is 9.63. The molecule has 0 saturated carbocycles. The number of carboxylic acids is 1. The van der Waals surface area contributed by atoms with Crippen LogP contribution in [0.3, 0.4) is 0 Å². The summed E-state index contributed by atoms with van der Waals surface area (Å²) < 4.78 is 40.8. The number of benzene rings is 2. The van der Waals surface area contributed by atoms with Gasteiger partial charge in [-0.15, -0.1) is 0 Å². The van der Waals surface area contributed by atoms with Gasteiger partial charge in [0.05, 0.1) is 5.56 Å². The second-order valence-electron chi connectivity index (χ2n) is 6.61. The Balaban J connectivity index is 1.79. The van der Waals surface area contributed by atoms with Crippen LogP contribution in [0.5, 0.6) is 5.75 Å². The van der Waals surface area contributed by atoms with Crippen LogP contribution in [0.4, 0.5) is 13.2 Å². The summed E-state index contributed by atoms with van der Waals surface area (Å²) in [4.78, 5) is 27.5. The van der Waals surface area contributed by atoms with Crippen molar-refractivity contribution in [2.75, 3.05) is 6.54 Å². The summed E-state index contributed by atoms with van der Waals surface area (Å²) in [6.07, 6.45) is -3.37. The van der Waals surface area contributed by atoms with E-state index in [1.54, 1.807) is 18.2 Å². The van der Waals surface area contributed by atoms with E-state index in [1.165, 1.54) is 16.6 Å². The number of hydrogen-bond donors (Lipinski definition) is 3. The zero-order valence-corrected chi connectivity index (χ0v) is 16.7. The molecule has 4 rings (SSSR count). The maximum Gasteiger partial charge on any atom is 0.416 e. The van der Waals surface area contributed by atoms with Gasteiger partial charge < -0.3 is 15.5 Å². The summed E-state index contributed by atoms with van der Waals surface area (Å²) >= 11 is 1.03. The first-order chi connectivity index (χ1) is 15.1. The molecule has 0 saturated heterocycles. The van der Waals surface area contributed by atoms with Gasteiger partial charge in [-0.1, -0.05) is 30.0 Å². The van der Waals surface area contributed by atoms with Crippen molar-refractivity contribution < 1.29 is 33.0 Å². The molecule has 2 aromatic heterocycles. The Morgan fingerprint density at radius 1 is 1.16 bits per heavy atom. The van der Waals surface area contributed by atoms with E-state index in [-0.39, 0.29) is 16.2 Å². The number of amides is 1. The largest absolute Gasteiger partial charge is 0.507 e. The highest BCUT2D eigenvalue weighted by Gasteiger charge is 2.30. The van der Waals surface area contributed by atoms with Crippen molar-refractivity contribution >= 4 is 40.1 Å². The average molecular weight is 462 g/mol. The minimum atomic E-state index is -4.51. The molecule has 0 atom stereocenters. The number of carbonyl (C=O) groups excluding carboxylic acids is 1. The van der Waals surface area contributed by atoms with Crippen LogP contribution in [0.2, 0.25) is 0 Å². The van der Waals surface area contributed by atoms with Gasteiger partial charge in [0, 0.05) is 11.0 Å². The Hall–Kier alpha value is -3.80. The summed E-state index contributed by atoms with van der Waals surface area (Å²) in [7, 11) is 0. The number of carbonyl (C=O) groups is 2. The molecule has 164 valence electrons. The average Bonchev–Trinajstić information content (AvgIpc) is 3.21. The number of fused-ring (bicyclic) bond motifs is 2. The van der Waals surface area contributed by atoms with Gasteiger partial charge in [-0.05, 0) is 29.0 Å². The lowest BCUT2D eigenvalue weighted by Gasteiger charge is -2.13. The number of rotatable bonds is 5. The molecule has 12 heteroatoms. The summed E-state index contributed by atoms with van der Waals surface area (Å²) in [6.45, 7) is -0.660. The van der Waals surface area contributed by atoms with Gasteiger partial charge >= 0.3 is 12.1 Å². The third kappa shape index (κ3) is 4.04. The molecule has 0 aliphatic rings. The number of hydrogen-bond acceptors (Lipinski definition) is 6. The lowest BCUT2D eigenvalue weighted by molar-refractivity contribution is -0.137. The normalized spacial score (nSPS) is 11.7. The van der Waals surface area contributed by atoms with Gasteiger partial charge in [-0.2, -0.15) is 18.3 Å². The van der Waals surface area contributed by atoms with Gasteiger partial charge in [0.1, 0.15) is 29.2 Å². The van der Waals surface area contributed by atoms with Crippen molar-refractivity contribution in [2.45, 2.75) is 16.1 Å². The second kappa shape index (κ2) is 8.04. The number of alkyl halides is 3. The smallest absolute Gasteiger partial charge is 0.416 e. The topological polar surface area (TPSA) is 117 Å². The van der Waals surface area contributed by atoms with Crippen molar-refractivity contribution in [1.82, 2.24) is 19.9 Å². The Bertz CT molecular complexity index is 1370. The van der Waals surface area contributed by atoms with Gasteiger partial charge in [0.15, 0.2) is 5.65 Å². The fourth-order valence-corrected chi connectivity index (χ4v) is 4.14. The van der Waals surface area contributed by atoms with Crippen LogP contribution in [0.1, 0.15) is 15.9 Å². The molecular weight excluding hydrogens is 449 g/mol. The third-order valence-corrected chi connectivity index (χ3v) is 5.58. The number of aromatic nitrogens is 3. The molecule has 8 nitrogen and oxygen atoms in total. The van der Waals surface area contributed by atoms with Crippen LogP contribution in [-0.4, -0.2) is 43.2 Å². The third-order valence-electron chi connectivity index (χ3n) is 4.51. The number of aliphatic carboxylic acids is 1. The highest BCUT2D eigenvalue weighted by molar-refractivity contribution is 7.99. The lowest BCUT2D eigenvalue weighted by atomic mass is 10.1. The lowest BCUT2D eigenvalue weighted by Crippen LogP contribution is -2.29. The molecule has 0 unspecified atom stereocenters. The van der Waals surface area contributed by atoms with E-state index in [2.05, 4.69) is 15.4 Å². The minimum absolute atomic E-state index is 0.0355. The Labute approximate surface area is 181 Å². The Kier molecular flexibility index (Phi) is 5.38. The SMILES string of the molecule is O=C(O)CNC(=O)c1c(O)cc(Sc2cccc3ccc(C(F)(F)F)cc23)n2ncnc12. The summed E-state index contributed by atoms with van der Waals surface area (Å²) in [5.74, 6) is -2.61. The van der Waals surface area contributed by atoms with Crippen molar-refractivity contribution in [3.05, 3.63) is 59.9 Å². The van der Waals surface area contributed by atoms with E-state index in [9.17, 15) is 27.9 Å². The summed E-state index contributed by atoms with van der Waals surface area (Å²) in [5.41, 5.74) is -1.10. The molecule has 0 aliphatic carbocycles. The first kappa shape index (κ1) is 21.4. The first-order valence-electron chi connectivity index (χ1n) is 8.98. The van der Waals surface area contributed by atoms with Crippen LogP contribution < -0.4 is 5.32 Å². The van der Waals surface area contributed by atoms with Crippen LogP contribution in [0.15, 0.2) is 58.7 Å². The molecule has 32 heavy (non-hydrogen) atoms. The van der Waals surface area contributed by atoms with Gasteiger partial charge in [-0.3, -0.25) is 9.59 Å². The molecule has 2 heterocycles. The van der Waals surface area contributed by atoms with E-state index < -0.39 is 35.9 Å². The van der Waals surface area contributed by atoms with E-state index in [0.29, 0.717) is 15.7 Å². The second-order valence-corrected chi connectivity index (χ2v) is 7.67. The van der Waals surface area contributed by atoms with E-state index in [0.717, 1.165) is 30.2 Å². The maximum atomic E-state index is 13.2. The first-order valence-corrected chi connectivity index (χ1v) is 9.80. The fraction of sp³-hybridized carbons (Fsp3) is 0.100. The number of carboxylic acid groups (broad SMARTS) is 1. The van der Waals surface area contributed by atoms with Gasteiger partial charge in [-0.25, -0.2) is 9.50 Å². The van der Waals surface area contributed by atoms with Crippen LogP contribution >= 0.6 is 11.8 Å². The molecule has 0 spiro atoms. The molecule has 0 aliphatic heterocycles. The van der Waals surface area contributed by atoms with Crippen LogP contribution in [0, 0.1) is 0 Å². The molecule has 1 amide bonds.